The molecule has 174 valence electrons. The van der Waals surface area contributed by atoms with Crippen molar-refractivity contribution in [2.75, 3.05) is 32.9 Å². The molecule has 33 heavy (non-hydrogen) atoms. The number of aromatic nitrogens is 1. The largest absolute Gasteiger partial charge is 0.493 e. The summed E-state index contributed by atoms with van der Waals surface area (Å²) in [6, 6.07) is 10.6. The van der Waals surface area contributed by atoms with Gasteiger partial charge in [-0.2, -0.15) is 0 Å². The smallest absolute Gasteiger partial charge is 0.302 e. The molecule has 10 heteroatoms. The summed E-state index contributed by atoms with van der Waals surface area (Å²) in [6.45, 7) is 4.88. The van der Waals surface area contributed by atoms with Crippen LogP contribution in [0.1, 0.15) is 12.5 Å². The van der Waals surface area contributed by atoms with Crippen molar-refractivity contribution in [1.29, 1.82) is 0 Å². The summed E-state index contributed by atoms with van der Waals surface area (Å²) >= 11 is 12.4. The zero-order valence-corrected chi connectivity index (χ0v) is 19.6. The first-order valence-corrected chi connectivity index (χ1v) is 11.4. The van der Waals surface area contributed by atoms with E-state index in [1.807, 2.05) is 13.0 Å². The van der Waals surface area contributed by atoms with Crippen LogP contribution in [0.3, 0.4) is 0 Å². The van der Waals surface area contributed by atoms with Gasteiger partial charge in [0.1, 0.15) is 5.75 Å². The topological polar surface area (TPSA) is 88.7 Å². The van der Waals surface area contributed by atoms with Crippen LogP contribution in [0.25, 0.3) is 10.9 Å². The molecule has 1 aliphatic heterocycles. The number of benzene rings is 2. The molecule has 1 saturated heterocycles. The van der Waals surface area contributed by atoms with E-state index in [9.17, 15) is 9.90 Å². The van der Waals surface area contributed by atoms with Crippen LogP contribution < -0.4 is 4.74 Å². The predicted molar refractivity (Wildman–Crippen MR) is 127 cm³/mol. The third-order valence-corrected chi connectivity index (χ3v) is 6.00. The minimum absolute atomic E-state index is 0.104. The second-order valence-corrected chi connectivity index (χ2v) is 8.44. The van der Waals surface area contributed by atoms with Crippen molar-refractivity contribution in [2.24, 2.45) is 10.2 Å². The third-order valence-electron chi connectivity index (χ3n) is 5.45. The van der Waals surface area contributed by atoms with Crippen molar-refractivity contribution in [3.63, 3.8) is 0 Å². The Morgan fingerprint density at radius 3 is 2.76 bits per heavy atom. The quantitative estimate of drug-likeness (QED) is 0.460. The molecule has 8 nitrogen and oxygen atoms in total. The lowest BCUT2D eigenvalue weighted by Crippen LogP contribution is -2.37. The summed E-state index contributed by atoms with van der Waals surface area (Å²) in [5.41, 5.74) is 1.75. The Hall–Kier alpha value is -2.65. The number of aryl methyl sites for hydroxylation is 1. The summed E-state index contributed by atoms with van der Waals surface area (Å²) in [6.07, 6.45) is 0.709. The number of ether oxygens (including phenoxy) is 2. The molecule has 0 radical (unpaired) electrons. The number of azo groups is 1. The number of nitrogens with zero attached hydrogens (tertiary/aromatic N) is 4. The lowest BCUT2D eigenvalue weighted by molar-refractivity contribution is -0.120. The molecule has 4 rings (SSSR count). The van der Waals surface area contributed by atoms with E-state index in [0.29, 0.717) is 53.0 Å². The highest BCUT2D eigenvalue weighted by atomic mass is 35.5. The molecule has 1 aromatic heterocycles. The third kappa shape index (κ3) is 5.30. The minimum atomic E-state index is -0.590. The van der Waals surface area contributed by atoms with Gasteiger partial charge in [0, 0.05) is 18.1 Å². The first kappa shape index (κ1) is 23.5. The Morgan fingerprint density at radius 1 is 1.21 bits per heavy atom. The van der Waals surface area contributed by atoms with Crippen LogP contribution in [0.15, 0.2) is 46.6 Å². The Morgan fingerprint density at radius 2 is 2.00 bits per heavy atom. The number of morpholine rings is 1. The molecule has 2 heterocycles. The van der Waals surface area contributed by atoms with Gasteiger partial charge in [0.25, 0.3) is 0 Å². The standard InChI is InChI=1S/C23H24Cl2N4O4/c1-2-15-12-16(24)6-7-19(15)33-13-20(30)26-27-22-21-17(25)4-3-5-18(21)29(23(22)31)14-28-8-10-32-11-9-28/h3-7,12,31H,2,8-11,13-14H2,1H3. The fourth-order valence-corrected chi connectivity index (χ4v) is 4.20. The summed E-state index contributed by atoms with van der Waals surface area (Å²) in [5, 5.41) is 20.3. The Balaban J connectivity index is 1.55. The first-order valence-electron chi connectivity index (χ1n) is 10.6. The number of aromatic hydroxyl groups is 1. The van der Waals surface area contributed by atoms with E-state index in [1.54, 1.807) is 34.9 Å². The van der Waals surface area contributed by atoms with Gasteiger partial charge in [-0.1, -0.05) is 36.2 Å². The van der Waals surface area contributed by atoms with Crippen LogP contribution in [0.4, 0.5) is 5.69 Å². The number of halogens is 2. The van der Waals surface area contributed by atoms with E-state index < -0.39 is 5.91 Å². The van der Waals surface area contributed by atoms with Crippen molar-refractivity contribution in [3.8, 4) is 11.6 Å². The number of amides is 1. The molecule has 0 unspecified atom stereocenters. The summed E-state index contributed by atoms with van der Waals surface area (Å²) < 4.78 is 12.7. The van der Waals surface area contributed by atoms with Gasteiger partial charge in [-0.15, -0.1) is 10.2 Å². The van der Waals surface area contributed by atoms with E-state index in [-0.39, 0.29) is 18.2 Å². The highest BCUT2D eigenvalue weighted by Crippen LogP contribution is 2.42. The minimum Gasteiger partial charge on any atom is -0.493 e. The van der Waals surface area contributed by atoms with Gasteiger partial charge in [0.2, 0.25) is 5.88 Å². The van der Waals surface area contributed by atoms with Gasteiger partial charge < -0.3 is 14.6 Å². The van der Waals surface area contributed by atoms with Crippen molar-refractivity contribution < 1.29 is 19.4 Å². The van der Waals surface area contributed by atoms with E-state index in [1.165, 1.54) is 0 Å². The lowest BCUT2D eigenvalue weighted by Gasteiger charge is -2.27. The van der Waals surface area contributed by atoms with E-state index >= 15 is 0 Å². The van der Waals surface area contributed by atoms with Crippen molar-refractivity contribution in [3.05, 3.63) is 52.0 Å². The van der Waals surface area contributed by atoms with Crippen LogP contribution in [0, 0.1) is 0 Å². The Labute approximate surface area is 201 Å². The number of hydrogen-bond donors (Lipinski definition) is 1. The van der Waals surface area contributed by atoms with Gasteiger partial charge in [0.15, 0.2) is 12.3 Å². The van der Waals surface area contributed by atoms with Crippen LogP contribution in [-0.2, 0) is 22.6 Å². The number of hydrogen-bond acceptors (Lipinski definition) is 6. The monoisotopic (exact) mass is 490 g/mol. The highest BCUT2D eigenvalue weighted by Gasteiger charge is 2.22. The molecule has 0 saturated carbocycles. The molecule has 0 aliphatic carbocycles. The van der Waals surface area contributed by atoms with Crippen LogP contribution in [0.2, 0.25) is 10.0 Å². The number of rotatable bonds is 7. The average molecular weight is 491 g/mol. The second kappa shape index (κ2) is 10.5. The molecule has 1 amide bonds. The molecule has 0 spiro atoms. The number of carbonyl (C=O) groups excluding carboxylic acids is 1. The summed E-state index contributed by atoms with van der Waals surface area (Å²) in [5.74, 6) is -0.126. The summed E-state index contributed by atoms with van der Waals surface area (Å²) in [4.78, 5) is 14.5. The molecule has 1 aliphatic rings. The molecular weight excluding hydrogens is 467 g/mol. The van der Waals surface area contributed by atoms with E-state index in [2.05, 4.69) is 15.1 Å². The van der Waals surface area contributed by atoms with Gasteiger partial charge >= 0.3 is 5.91 Å². The average Bonchev–Trinajstić information content (AvgIpc) is 3.09. The molecule has 1 N–H and O–H groups in total. The Bertz CT molecular complexity index is 1190. The SMILES string of the molecule is CCc1cc(Cl)ccc1OCC(=O)N=Nc1c(O)n(CN2CCOCC2)c2cccc(Cl)c12. The zero-order chi connectivity index (χ0) is 23.4. The highest BCUT2D eigenvalue weighted by molar-refractivity contribution is 6.36. The first-order chi connectivity index (χ1) is 16.0. The molecule has 0 atom stereocenters. The molecule has 0 bridgehead atoms. The molecule has 1 fully saturated rings. The van der Waals surface area contributed by atoms with Gasteiger partial charge in [0.05, 0.1) is 35.8 Å². The Kier molecular flexibility index (Phi) is 7.49. The normalized spacial score (nSPS) is 14.9. The predicted octanol–water partition coefficient (Wildman–Crippen LogP) is 5.20. The molecule has 3 aromatic rings. The van der Waals surface area contributed by atoms with Crippen molar-refractivity contribution in [1.82, 2.24) is 9.47 Å². The fourth-order valence-electron chi connectivity index (χ4n) is 3.75. The van der Waals surface area contributed by atoms with Crippen molar-refractivity contribution in [2.45, 2.75) is 20.0 Å². The van der Waals surface area contributed by atoms with Crippen molar-refractivity contribution >= 4 is 45.7 Å². The molecule has 2 aromatic carbocycles. The second-order valence-electron chi connectivity index (χ2n) is 7.59. The van der Waals surface area contributed by atoms with Crippen LogP contribution in [-0.4, -0.2) is 53.4 Å². The molecular formula is C23H24Cl2N4O4. The maximum atomic E-state index is 12.4. The fraction of sp³-hybridized carbons (Fsp3) is 0.348. The number of carbonyl (C=O) groups is 1. The van der Waals surface area contributed by atoms with Crippen LogP contribution in [0.5, 0.6) is 11.6 Å². The zero-order valence-electron chi connectivity index (χ0n) is 18.1. The lowest BCUT2D eigenvalue weighted by atomic mass is 10.1. The van der Waals surface area contributed by atoms with Gasteiger partial charge in [-0.25, -0.2) is 0 Å². The van der Waals surface area contributed by atoms with E-state index in [0.717, 1.165) is 18.7 Å². The van der Waals surface area contributed by atoms with Gasteiger partial charge in [-0.05, 0) is 42.3 Å². The maximum Gasteiger partial charge on any atom is 0.302 e. The van der Waals surface area contributed by atoms with Crippen LogP contribution >= 0.6 is 23.2 Å². The maximum absolute atomic E-state index is 12.4. The summed E-state index contributed by atoms with van der Waals surface area (Å²) in [7, 11) is 0. The van der Waals surface area contributed by atoms with Gasteiger partial charge in [-0.3, -0.25) is 14.3 Å². The number of fused-ring (bicyclic) bond motifs is 1. The van der Waals surface area contributed by atoms with E-state index in [4.69, 9.17) is 32.7 Å².